The van der Waals surface area contributed by atoms with Crippen molar-refractivity contribution in [2.75, 3.05) is 33.9 Å². The van der Waals surface area contributed by atoms with Crippen molar-refractivity contribution in [1.29, 1.82) is 0 Å². The van der Waals surface area contributed by atoms with Gasteiger partial charge in [-0.25, -0.2) is 4.79 Å². The third-order valence-electron chi connectivity index (χ3n) is 4.80. The minimum absolute atomic E-state index is 0.159. The molecular weight excluding hydrogens is 308 g/mol. The second kappa shape index (κ2) is 6.73. The maximum Gasteiger partial charge on any atom is 0.337 e. The molecule has 2 N–H and O–H groups in total. The summed E-state index contributed by atoms with van der Waals surface area (Å²) in [5.41, 5.74) is 9.86. The summed E-state index contributed by atoms with van der Waals surface area (Å²) in [5.74, 6) is 1.17. The van der Waals surface area contributed by atoms with Crippen LogP contribution in [0.4, 0.5) is 0 Å². The first-order valence-corrected chi connectivity index (χ1v) is 8.22. The van der Waals surface area contributed by atoms with E-state index in [-0.39, 0.29) is 12.0 Å². The van der Waals surface area contributed by atoms with Gasteiger partial charge in [-0.05, 0) is 36.6 Å². The molecule has 1 unspecified atom stereocenters. The van der Waals surface area contributed by atoms with Crippen LogP contribution in [0.5, 0.6) is 11.5 Å². The van der Waals surface area contributed by atoms with E-state index < -0.39 is 0 Å². The maximum atomic E-state index is 12.1. The Labute approximate surface area is 142 Å². The molecule has 0 aliphatic carbocycles. The van der Waals surface area contributed by atoms with E-state index in [1.54, 1.807) is 21.1 Å². The SMILES string of the molecule is CCOC(=O)C1=C(N)CC2c3cc(OC)c(OC)cc3CCN2C1. The van der Waals surface area contributed by atoms with Crippen molar-refractivity contribution in [1.82, 2.24) is 4.90 Å². The topological polar surface area (TPSA) is 74.0 Å². The summed E-state index contributed by atoms with van der Waals surface area (Å²) < 4.78 is 16.0. The monoisotopic (exact) mass is 332 g/mol. The number of rotatable bonds is 4. The lowest BCUT2D eigenvalue weighted by Gasteiger charge is -2.41. The quantitative estimate of drug-likeness (QED) is 0.847. The second-order valence-electron chi connectivity index (χ2n) is 6.07. The van der Waals surface area contributed by atoms with Gasteiger partial charge in [-0.1, -0.05) is 0 Å². The van der Waals surface area contributed by atoms with Crippen LogP contribution in [-0.2, 0) is 16.0 Å². The highest BCUT2D eigenvalue weighted by molar-refractivity contribution is 5.90. The van der Waals surface area contributed by atoms with Gasteiger partial charge in [0.15, 0.2) is 11.5 Å². The van der Waals surface area contributed by atoms with Crippen LogP contribution in [0.1, 0.15) is 30.5 Å². The summed E-state index contributed by atoms with van der Waals surface area (Å²) >= 11 is 0. The van der Waals surface area contributed by atoms with Crippen LogP contribution in [0.25, 0.3) is 0 Å². The molecule has 2 aliphatic heterocycles. The fourth-order valence-corrected chi connectivity index (χ4v) is 3.56. The largest absolute Gasteiger partial charge is 0.493 e. The number of carbonyl (C=O) groups is 1. The summed E-state index contributed by atoms with van der Waals surface area (Å²) in [4.78, 5) is 14.4. The van der Waals surface area contributed by atoms with Crippen molar-refractivity contribution in [3.8, 4) is 11.5 Å². The zero-order valence-electron chi connectivity index (χ0n) is 14.4. The highest BCUT2D eigenvalue weighted by atomic mass is 16.5. The molecule has 0 saturated carbocycles. The zero-order chi connectivity index (χ0) is 17.3. The Balaban J connectivity index is 1.95. The normalized spacial score (nSPS) is 20.2. The Bertz CT molecular complexity index is 684. The Morgan fingerprint density at radius 1 is 1.29 bits per heavy atom. The first-order chi connectivity index (χ1) is 11.6. The first-order valence-electron chi connectivity index (χ1n) is 8.22. The molecule has 130 valence electrons. The molecule has 0 aromatic heterocycles. The van der Waals surface area contributed by atoms with E-state index in [0.717, 1.165) is 24.5 Å². The molecule has 1 aromatic carbocycles. The van der Waals surface area contributed by atoms with Crippen molar-refractivity contribution < 1.29 is 19.0 Å². The fourth-order valence-electron chi connectivity index (χ4n) is 3.56. The zero-order valence-corrected chi connectivity index (χ0v) is 14.4. The summed E-state index contributed by atoms with van der Waals surface area (Å²) in [6.07, 6.45) is 1.53. The second-order valence-corrected chi connectivity index (χ2v) is 6.07. The molecule has 0 bridgehead atoms. The Morgan fingerprint density at radius 2 is 2.00 bits per heavy atom. The highest BCUT2D eigenvalue weighted by Gasteiger charge is 2.35. The van der Waals surface area contributed by atoms with Gasteiger partial charge in [0.2, 0.25) is 0 Å². The van der Waals surface area contributed by atoms with Crippen molar-refractivity contribution in [2.45, 2.75) is 25.8 Å². The summed E-state index contributed by atoms with van der Waals surface area (Å²) in [7, 11) is 3.28. The van der Waals surface area contributed by atoms with Gasteiger partial charge in [0.25, 0.3) is 0 Å². The van der Waals surface area contributed by atoms with E-state index in [0.29, 0.717) is 30.8 Å². The van der Waals surface area contributed by atoms with Crippen molar-refractivity contribution in [3.05, 3.63) is 34.5 Å². The smallest absolute Gasteiger partial charge is 0.337 e. The maximum absolute atomic E-state index is 12.1. The van der Waals surface area contributed by atoms with Crippen LogP contribution < -0.4 is 15.2 Å². The number of methoxy groups -OCH3 is 2. The van der Waals surface area contributed by atoms with E-state index in [1.807, 2.05) is 12.1 Å². The van der Waals surface area contributed by atoms with Crippen molar-refractivity contribution in [3.63, 3.8) is 0 Å². The Morgan fingerprint density at radius 3 is 2.67 bits per heavy atom. The van der Waals surface area contributed by atoms with E-state index >= 15 is 0 Å². The Kier molecular flexibility index (Phi) is 4.66. The number of hydrogen-bond donors (Lipinski definition) is 1. The molecule has 0 radical (unpaired) electrons. The predicted molar refractivity (Wildman–Crippen MR) is 90.0 cm³/mol. The van der Waals surface area contributed by atoms with Crippen molar-refractivity contribution >= 4 is 5.97 Å². The number of benzene rings is 1. The van der Waals surface area contributed by atoms with Crippen LogP contribution in [0.15, 0.2) is 23.4 Å². The van der Waals surface area contributed by atoms with Gasteiger partial charge in [-0.2, -0.15) is 0 Å². The summed E-state index contributed by atoms with van der Waals surface area (Å²) in [6, 6.07) is 4.24. The van der Waals surface area contributed by atoms with Gasteiger partial charge in [0.05, 0.1) is 26.4 Å². The molecule has 0 saturated heterocycles. The van der Waals surface area contributed by atoms with Gasteiger partial charge in [-0.15, -0.1) is 0 Å². The van der Waals surface area contributed by atoms with Crippen LogP contribution in [0.3, 0.4) is 0 Å². The number of fused-ring (bicyclic) bond motifs is 3. The van der Waals surface area contributed by atoms with Crippen LogP contribution >= 0.6 is 0 Å². The minimum atomic E-state index is -0.299. The molecule has 3 rings (SSSR count). The molecular formula is C18H24N2O4. The van der Waals surface area contributed by atoms with E-state index in [4.69, 9.17) is 19.9 Å². The molecule has 24 heavy (non-hydrogen) atoms. The van der Waals surface area contributed by atoms with E-state index in [1.165, 1.54) is 11.1 Å². The van der Waals surface area contributed by atoms with Gasteiger partial charge in [-0.3, -0.25) is 4.90 Å². The molecule has 0 spiro atoms. The van der Waals surface area contributed by atoms with Gasteiger partial charge >= 0.3 is 5.97 Å². The number of esters is 1. The number of nitrogens with two attached hydrogens (primary N) is 1. The third-order valence-corrected chi connectivity index (χ3v) is 4.80. The number of hydrogen-bond acceptors (Lipinski definition) is 6. The van der Waals surface area contributed by atoms with Crippen LogP contribution in [-0.4, -0.2) is 44.8 Å². The van der Waals surface area contributed by atoms with E-state index in [2.05, 4.69) is 4.90 Å². The number of nitrogens with zero attached hydrogens (tertiary/aromatic N) is 1. The molecule has 2 aliphatic rings. The third kappa shape index (κ3) is 2.82. The summed E-state index contributed by atoms with van der Waals surface area (Å²) in [6.45, 7) is 3.57. The van der Waals surface area contributed by atoms with Gasteiger partial charge in [0, 0.05) is 31.2 Å². The van der Waals surface area contributed by atoms with Crippen molar-refractivity contribution in [2.24, 2.45) is 5.73 Å². The standard InChI is InChI=1S/C18H24N2O4/c1-4-24-18(21)13-10-20-6-5-11-7-16(22-2)17(23-3)8-12(11)15(20)9-14(13)19/h7-8,15H,4-6,9-10,19H2,1-3H3. The van der Waals surface area contributed by atoms with Gasteiger partial charge in [0.1, 0.15) is 0 Å². The highest BCUT2D eigenvalue weighted by Crippen LogP contribution is 2.42. The fraction of sp³-hybridized carbons (Fsp3) is 0.500. The average Bonchev–Trinajstić information content (AvgIpc) is 2.60. The molecule has 1 atom stereocenters. The molecule has 0 fully saturated rings. The number of ether oxygens (including phenoxy) is 3. The van der Waals surface area contributed by atoms with Gasteiger partial charge < -0.3 is 19.9 Å². The predicted octanol–water partition coefficient (Wildman–Crippen LogP) is 1.78. The Hall–Kier alpha value is -2.21. The lowest BCUT2D eigenvalue weighted by atomic mass is 9.86. The summed E-state index contributed by atoms with van der Waals surface area (Å²) in [5, 5.41) is 0. The lowest BCUT2D eigenvalue weighted by molar-refractivity contribution is -0.139. The molecule has 6 heteroatoms. The lowest BCUT2D eigenvalue weighted by Crippen LogP contribution is -2.42. The molecule has 1 aromatic rings. The van der Waals surface area contributed by atoms with Crippen LogP contribution in [0.2, 0.25) is 0 Å². The average molecular weight is 332 g/mol. The molecule has 2 heterocycles. The molecule has 0 amide bonds. The molecule has 6 nitrogen and oxygen atoms in total. The number of carbonyl (C=O) groups excluding carboxylic acids is 1. The minimum Gasteiger partial charge on any atom is -0.493 e. The van der Waals surface area contributed by atoms with E-state index in [9.17, 15) is 4.79 Å². The first kappa shape index (κ1) is 16.6. The van der Waals surface area contributed by atoms with Crippen LogP contribution in [0, 0.1) is 0 Å².